The second-order valence-corrected chi connectivity index (χ2v) is 5.70. The van der Waals surface area contributed by atoms with Crippen LogP contribution in [0.25, 0.3) is 0 Å². The van der Waals surface area contributed by atoms with E-state index in [0.29, 0.717) is 18.8 Å². The Kier molecular flexibility index (Phi) is 11.3. The second-order valence-electron chi connectivity index (χ2n) is 5.70. The number of carbonyl (C=O) groups excluding carboxylic acids is 2. The number of hydrogen-bond donors (Lipinski definition) is 1. The van der Waals surface area contributed by atoms with Crippen molar-refractivity contribution in [3.8, 4) is 0 Å². The zero-order chi connectivity index (χ0) is 15.7. The molecule has 1 heterocycles. The summed E-state index contributed by atoms with van der Waals surface area (Å²) in [4.78, 5) is 27.8. The lowest BCUT2D eigenvalue weighted by Gasteiger charge is -2.32. The molecule has 0 saturated carbocycles. The van der Waals surface area contributed by atoms with Crippen LogP contribution in [0.4, 0.5) is 0 Å². The summed E-state index contributed by atoms with van der Waals surface area (Å²) in [5, 5.41) is 3.37. The van der Waals surface area contributed by atoms with Crippen molar-refractivity contribution in [1.29, 1.82) is 0 Å². The quantitative estimate of drug-likeness (QED) is 0.738. The van der Waals surface area contributed by atoms with Gasteiger partial charge in [0.2, 0.25) is 11.8 Å². The number of nitrogens with zero attached hydrogens (tertiary/aromatic N) is 2. The fourth-order valence-corrected chi connectivity index (χ4v) is 2.84. The van der Waals surface area contributed by atoms with Crippen LogP contribution in [0.5, 0.6) is 0 Å². The Bertz CT molecular complexity index is 327. The Morgan fingerprint density at radius 1 is 1.09 bits per heavy atom. The zero-order valence-electron chi connectivity index (χ0n) is 14.3. The summed E-state index contributed by atoms with van der Waals surface area (Å²) >= 11 is 0. The summed E-state index contributed by atoms with van der Waals surface area (Å²) in [6.45, 7) is 11.2. The number of amides is 2. The largest absolute Gasteiger partial charge is 0.343 e. The van der Waals surface area contributed by atoms with Gasteiger partial charge in [0.1, 0.15) is 0 Å². The molecule has 2 amide bonds. The van der Waals surface area contributed by atoms with Gasteiger partial charge in [-0.3, -0.25) is 9.59 Å². The van der Waals surface area contributed by atoms with Crippen LogP contribution < -0.4 is 5.32 Å². The number of halogens is 1. The van der Waals surface area contributed by atoms with Crippen molar-refractivity contribution >= 4 is 24.2 Å². The molecule has 5 nitrogen and oxygen atoms in total. The average molecular weight is 334 g/mol. The number of likely N-dealkylation sites (tertiary alicyclic amines) is 1. The molecule has 0 spiro atoms. The lowest BCUT2D eigenvalue weighted by Crippen LogP contribution is -2.41. The summed E-state index contributed by atoms with van der Waals surface area (Å²) in [6, 6.07) is 0. The van der Waals surface area contributed by atoms with E-state index in [1.54, 1.807) is 4.90 Å². The maximum Gasteiger partial charge on any atom is 0.223 e. The molecule has 22 heavy (non-hydrogen) atoms. The fourth-order valence-electron chi connectivity index (χ4n) is 2.84. The minimum atomic E-state index is 0. The Morgan fingerprint density at radius 3 is 2.18 bits per heavy atom. The van der Waals surface area contributed by atoms with Crippen molar-refractivity contribution in [3.05, 3.63) is 0 Å². The lowest BCUT2D eigenvalue weighted by molar-refractivity contribution is -0.137. The highest BCUT2D eigenvalue weighted by atomic mass is 35.5. The van der Waals surface area contributed by atoms with E-state index in [1.807, 2.05) is 18.7 Å². The van der Waals surface area contributed by atoms with Crippen LogP contribution in [0, 0.1) is 5.92 Å². The normalized spacial score (nSPS) is 15.3. The van der Waals surface area contributed by atoms with Gasteiger partial charge in [-0.05, 0) is 45.7 Å². The summed E-state index contributed by atoms with van der Waals surface area (Å²) in [5.41, 5.74) is 0. The van der Waals surface area contributed by atoms with E-state index in [9.17, 15) is 9.59 Å². The van der Waals surface area contributed by atoms with Crippen molar-refractivity contribution in [2.75, 3.05) is 39.3 Å². The van der Waals surface area contributed by atoms with Crippen molar-refractivity contribution in [1.82, 2.24) is 15.1 Å². The van der Waals surface area contributed by atoms with Gasteiger partial charge < -0.3 is 15.1 Å². The number of piperidine rings is 1. The third-order valence-corrected chi connectivity index (χ3v) is 4.32. The smallest absolute Gasteiger partial charge is 0.223 e. The Labute approximate surface area is 141 Å². The highest BCUT2D eigenvalue weighted by Crippen LogP contribution is 2.17. The van der Waals surface area contributed by atoms with Gasteiger partial charge in [0, 0.05) is 39.0 Å². The first-order valence-corrected chi connectivity index (χ1v) is 8.38. The molecule has 130 valence electrons. The standard InChI is InChI=1S/C16H31N3O2.ClH/c1-4-17-13-14-9-11-19(12-10-14)16(21)8-7-15(20)18(5-2)6-3;/h14,17H,4-13H2,1-3H3;1H. The van der Waals surface area contributed by atoms with Gasteiger partial charge in [0.05, 0.1) is 0 Å². The van der Waals surface area contributed by atoms with Crippen LogP contribution in [0.1, 0.15) is 46.5 Å². The molecule has 0 aromatic heterocycles. The van der Waals surface area contributed by atoms with Crippen molar-refractivity contribution < 1.29 is 9.59 Å². The molecule has 0 atom stereocenters. The monoisotopic (exact) mass is 333 g/mol. The molecule has 1 aliphatic heterocycles. The van der Waals surface area contributed by atoms with E-state index in [1.165, 1.54) is 0 Å². The number of carbonyl (C=O) groups is 2. The minimum absolute atomic E-state index is 0. The number of nitrogens with one attached hydrogen (secondary N) is 1. The van der Waals surface area contributed by atoms with Crippen LogP contribution in [-0.2, 0) is 9.59 Å². The van der Waals surface area contributed by atoms with Crippen molar-refractivity contribution in [3.63, 3.8) is 0 Å². The molecule has 1 aliphatic rings. The van der Waals surface area contributed by atoms with Crippen LogP contribution in [-0.4, -0.2) is 60.9 Å². The van der Waals surface area contributed by atoms with Gasteiger partial charge in [0.15, 0.2) is 0 Å². The molecule has 0 radical (unpaired) electrons. The Morgan fingerprint density at radius 2 is 1.68 bits per heavy atom. The Hall–Kier alpha value is -0.810. The average Bonchev–Trinajstić information content (AvgIpc) is 2.52. The van der Waals surface area contributed by atoms with E-state index >= 15 is 0 Å². The van der Waals surface area contributed by atoms with Gasteiger partial charge in [-0.25, -0.2) is 0 Å². The molecule has 0 aromatic rings. The van der Waals surface area contributed by atoms with Crippen LogP contribution in [0.3, 0.4) is 0 Å². The number of hydrogen-bond acceptors (Lipinski definition) is 3. The first-order valence-electron chi connectivity index (χ1n) is 8.38. The maximum atomic E-state index is 12.2. The first kappa shape index (κ1) is 21.2. The molecule has 0 bridgehead atoms. The maximum absolute atomic E-state index is 12.2. The highest BCUT2D eigenvalue weighted by molar-refractivity contribution is 5.85. The van der Waals surface area contributed by atoms with Gasteiger partial charge >= 0.3 is 0 Å². The zero-order valence-corrected chi connectivity index (χ0v) is 15.1. The van der Waals surface area contributed by atoms with E-state index in [2.05, 4.69) is 12.2 Å². The molecular formula is C16H32ClN3O2. The van der Waals surface area contributed by atoms with Gasteiger partial charge in [0.25, 0.3) is 0 Å². The molecule has 1 saturated heterocycles. The molecule has 0 unspecified atom stereocenters. The third-order valence-electron chi connectivity index (χ3n) is 4.32. The van der Waals surface area contributed by atoms with E-state index in [0.717, 1.165) is 52.1 Å². The van der Waals surface area contributed by atoms with Gasteiger partial charge in [-0.2, -0.15) is 0 Å². The van der Waals surface area contributed by atoms with Crippen LogP contribution in [0.2, 0.25) is 0 Å². The number of rotatable bonds is 8. The molecule has 1 rings (SSSR count). The van der Waals surface area contributed by atoms with Crippen molar-refractivity contribution in [2.45, 2.75) is 46.5 Å². The van der Waals surface area contributed by atoms with E-state index in [4.69, 9.17) is 0 Å². The van der Waals surface area contributed by atoms with Gasteiger partial charge in [-0.15, -0.1) is 12.4 Å². The predicted molar refractivity (Wildman–Crippen MR) is 92.3 cm³/mol. The SMILES string of the molecule is CCNCC1CCN(C(=O)CCC(=O)N(CC)CC)CC1.Cl. The first-order chi connectivity index (χ1) is 10.1. The fraction of sp³-hybridized carbons (Fsp3) is 0.875. The third kappa shape index (κ3) is 6.97. The molecule has 1 fully saturated rings. The molecule has 0 aromatic carbocycles. The van der Waals surface area contributed by atoms with Crippen molar-refractivity contribution in [2.24, 2.45) is 5.92 Å². The lowest BCUT2D eigenvalue weighted by atomic mass is 9.96. The summed E-state index contributed by atoms with van der Waals surface area (Å²) in [6.07, 6.45) is 2.84. The summed E-state index contributed by atoms with van der Waals surface area (Å²) < 4.78 is 0. The van der Waals surface area contributed by atoms with E-state index < -0.39 is 0 Å². The van der Waals surface area contributed by atoms with Gasteiger partial charge in [-0.1, -0.05) is 6.92 Å². The molecule has 0 aliphatic carbocycles. The minimum Gasteiger partial charge on any atom is -0.343 e. The molecular weight excluding hydrogens is 302 g/mol. The molecule has 6 heteroatoms. The highest BCUT2D eigenvalue weighted by Gasteiger charge is 2.23. The summed E-state index contributed by atoms with van der Waals surface area (Å²) in [5.74, 6) is 0.916. The molecule has 1 N–H and O–H groups in total. The predicted octanol–water partition coefficient (Wildman–Crippen LogP) is 1.90. The van der Waals surface area contributed by atoms with Crippen LogP contribution in [0.15, 0.2) is 0 Å². The second kappa shape index (κ2) is 11.7. The summed E-state index contributed by atoms with van der Waals surface area (Å²) in [7, 11) is 0. The topological polar surface area (TPSA) is 52.7 Å². The Balaban J connectivity index is 0.00000441. The van der Waals surface area contributed by atoms with Crippen LogP contribution >= 0.6 is 12.4 Å². The van der Waals surface area contributed by atoms with E-state index in [-0.39, 0.29) is 24.2 Å².